The van der Waals surface area contributed by atoms with Crippen molar-refractivity contribution in [2.75, 3.05) is 0 Å². The van der Waals surface area contributed by atoms with Gasteiger partial charge in [0.25, 0.3) is 5.91 Å². The standard InChI is InChI=1S/C14H14BrNO4/c1-7(2)12(14(18)19)16-13(17)11-6-8-5-9(15)3-4-10(8)20-11/h3-7,12H,1-2H3,(H,16,17)(H,18,19)/t12-/m0/s1. The van der Waals surface area contributed by atoms with Gasteiger partial charge in [0.2, 0.25) is 0 Å². The summed E-state index contributed by atoms with van der Waals surface area (Å²) in [6, 6.07) is 6.03. The van der Waals surface area contributed by atoms with Crippen LogP contribution in [0.25, 0.3) is 11.0 Å². The molecule has 2 N–H and O–H groups in total. The molecule has 5 nitrogen and oxygen atoms in total. The smallest absolute Gasteiger partial charge is 0.326 e. The Kier molecular flexibility index (Phi) is 4.13. The lowest BCUT2D eigenvalue weighted by atomic mass is 10.0. The first kappa shape index (κ1) is 14.6. The highest BCUT2D eigenvalue weighted by Gasteiger charge is 2.25. The van der Waals surface area contributed by atoms with Gasteiger partial charge in [0, 0.05) is 9.86 Å². The predicted molar refractivity (Wildman–Crippen MR) is 77.6 cm³/mol. The van der Waals surface area contributed by atoms with Crippen LogP contribution in [0.1, 0.15) is 24.4 Å². The van der Waals surface area contributed by atoms with Gasteiger partial charge in [-0.05, 0) is 30.2 Å². The Morgan fingerprint density at radius 3 is 2.60 bits per heavy atom. The van der Waals surface area contributed by atoms with Crippen molar-refractivity contribution in [1.82, 2.24) is 5.32 Å². The molecule has 0 saturated carbocycles. The van der Waals surface area contributed by atoms with Crippen LogP contribution in [0.4, 0.5) is 0 Å². The maximum absolute atomic E-state index is 12.0. The van der Waals surface area contributed by atoms with E-state index in [1.54, 1.807) is 26.0 Å². The van der Waals surface area contributed by atoms with Crippen molar-refractivity contribution >= 4 is 38.8 Å². The molecule has 6 heteroatoms. The minimum absolute atomic E-state index is 0.102. The maximum atomic E-state index is 12.0. The number of furan rings is 1. The average Bonchev–Trinajstić information content (AvgIpc) is 2.77. The number of hydrogen-bond donors (Lipinski definition) is 2. The molecule has 0 aliphatic heterocycles. The number of carbonyl (C=O) groups excluding carboxylic acids is 1. The fourth-order valence-electron chi connectivity index (χ4n) is 1.85. The molecule has 2 rings (SSSR count). The molecule has 2 aromatic rings. The van der Waals surface area contributed by atoms with E-state index < -0.39 is 17.9 Å². The Balaban J connectivity index is 2.25. The average molecular weight is 340 g/mol. The molecule has 0 aliphatic rings. The van der Waals surface area contributed by atoms with Gasteiger partial charge >= 0.3 is 5.97 Å². The van der Waals surface area contributed by atoms with E-state index in [9.17, 15) is 9.59 Å². The number of fused-ring (bicyclic) bond motifs is 1. The summed E-state index contributed by atoms with van der Waals surface area (Å²) in [5, 5.41) is 12.3. The lowest BCUT2D eigenvalue weighted by Crippen LogP contribution is -2.44. The second-order valence-corrected chi connectivity index (χ2v) is 5.74. The molecule has 1 aromatic heterocycles. The van der Waals surface area contributed by atoms with Gasteiger partial charge in [-0.1, -0.05) is 29.8 Å². The molecule has 0 bridgehead atoms. The van der Waals surface area contributed by atoms with Crippen LogP contribution in [-0.4, -0.2) is 23.0 Å². The van der Waals surface area contributed by atoms with Crippen molar-refractivity contribution in [3.05, 3.63) is 34.5 Å². The summed E-state index contributed by atoms with van der Waals surface area (Å²) in [6.45, 7) is 3.46. The quantitative estimate of drug-likeness (QED) is 0.897. The van der Waals surface area contributed by atoms with E-state index in [2.05, 4.69) is 21.2 Å². The van der Waals surface area contributed by atoms with Crippen LogP contribution < -0.4 is 5.32 Å². The first-order valence-electron chi connectivity index (χ1n) is 6.11. The summed E-state index contributed by atoms with van der Waals surface area (Å²) in [5.41, 5.74) is 0.578. The third-order valence-corrected chi connectivity index (χ3v) is 3.41. The van der Waals surface area contributed by atoms with Gasteiger partial charge in [0.15, 0.2) is 5.76 Å². The van der Waals surface area contributed by atoms with Crippen molar-refractivity contribution in [2.45, 2.75) is 19.9 Å². The van der Waals surface area contributed by atoms with Crippen molar-refractivity contribution < 1.29 is 19.1 Å². The third kappa shape index (κ3) is 3.01. The summed E-state index contributed by atoms with van der Waals surface area (Å²) >= 11 is 3.34. The minimum Gasteiger partial charge on any atom is -0.480 e. The molecule has 0 radical (unpaired) electrons. The van der Waals surface area contributed by atoms with Crippen molar-refractivity contribution in [3.8, 4) is 0 Å². The Hall–Kier alpha value is -1.82. The van der Waals surface area contributed by atoms with E-state index in [0.29, 0.717) is 5.58 Å². The van der Waals surface area contributed by atoms with E-state index >= 15 is 0 Å². The van der Waals surface area contributed by atoms with Crippen LogP contribution >= 0.6 is 15.9 Å². The molecule has 1 amide bonds. The van der Waals surface area contributed by atoms with Crippen LogP contribution in [0.5, 0.6) is 0 Å². The normalized spacial score (nSPS) is 12.6. The summed E-state index contributed by atoms with van der Waals surface area (Å²) in [5.74, 6) is -1.70. The van der Waals surface area contributed by atoms with E-state index in [1.807, 2.05) is 12.1 Å². The zero-order valence-corrected chi connectivity index (χ0v) is 12.6. The fraction of sp³-hybridized carbons (Fsp3) is 0.286. The Morgan fingerprint density at radius 2 is 2.00 bits per heavy atom. The number of halogens is 1. The first-order valence-corrected chi connectivity index (χ1v) is 6.90. The third-order valence-electron chi connectivity index (χ3n) is 2.92. The highest BCUT2D eigenvalue weighted by Crippen LogP contribution is 2.23. The highest BCUT2D eigenvalue weighted by atomic mass is 79.9. The van der Waals surface area contributed by atoms with Gasteiger partial charge in [-0.25, -0.2) is 4.79 Å². The van der Waals surface area contributed by atoms with Gasteiger partial charge in [-0.3, -0.25) is 4.79 Å². The molecule has 1 aromatic carbocycles. The topological polar surface area (TPSA) is 79.5 Å². The highest BCUT2D eigenvalue weighted by molar-refractivity contribution is 9.10. The molecule has 1 heterocycles. The fourth-order valence-corrected chi connectivity index (χ4v) is 2.23. The molecule has 1 atom stereocenters. The number of amides is 1. The zero-order valence-electron chi connectivity index (χ0n) is 11.0. The van der Waals surface area contributed by atoms with Gasteiger partial charge in [0.05, 0.1) is 0 Å². The molecule has 20 heavy (non-hydrogen) atoms. The van der Waals surface area contributed by atoms with Crippen molar-refractivity contribution in [1.29, 1.82) is 0 Å². The second-order valence-electron chi connectivity index (χ2n) is 4.83. The monoisotopic (exact) mass is 339 g/mol. The summed E-state index contributed by atoms with van der Waals surface area (Å²) in [4.78, 5) is 23.1. The molecule has 0 saturated heterocycles. The van der Waals surface area contributed by atoms with Crippen molar-refractivity contribution in [3.63, 3.8) is 0 Å². The first-order chi connectivity index (χ1) is 9.38. The molecule has 0 aliphatic carbocycles. The van der Waals surface area contributed by atoms with Crippen LogP contribution in [0.15, 0.2) is 33.2 Å². The number of nitrogens with one attached hydrogen (secondary N) is 1. The summed E-state index contributed by atoms with van der Waals surface area (Å²) < 4.78 is 6.30. The van der Waals surface area contributed by atoms with Gasteiger partial charge in [0.1, 0.15) is 11.6 Å². The van der Waals surface area contributed by atoms with Crippen LogP contribution in [0, 0.1) is 5.92 Å². The molecular weight excluding hydrogens is 326 g/mol. The lowest BCUT2D eigenvalue weighted by Gasteiger charge is -2.16. The SMILES string of the molecule is CC(C)[C@H](NC(=O)c1cc2cc(Br)ccc2o1)C(=O)O. The lowest BCUT2D eigenvalue weighted by molar-refractivity contribution is -0.140. The summed E-state index contributed by atoms with van der Waals surface area (Å²) in [6.07, 6.45) is 0. The number of hydrogen-bond acceptors (Lipinski definition) is 3. The molecule has 0 spiro atoms. The number of carboxylic acids is 1. The predicted octanol–water partition coefficient (Wildman–Crippen LogP) is 3.03. The summed E-state index contributed by atoms with van der Waals surface area (Å²) in [7, 11) is 0. The van der Waals surface area contributed by atoms with E-state index in [-0.39, 0.29) is 11.7 Å². The Labute approximate surface area is 124 Å². The minimum atomic E-state index is -1.06. The van der Waals surface area contributed by atoms with Gasteiger partial charge in [-0.15, -0.1) is 0 Å². The van der Waals surface area contributed by atoms with E-state index in [0.717, 1.165) is 9.86 Å². The van der Waals surface area contributed by atoms with Crippen LogP contribution in [0.3, 0.4) is 0 Å². The molecular formula is C14H14BrNO4. The van der Waals surface area contributed by atoms with Crippen LogP contribution in [0.2, 0.25) is 0 Å². The van der Waals surface area contributed by atoms with Gasteiger partial charge < -0.3 is 14.8 Å². The number of aliphatic carboxylic acids is 1. The van der Waals surface area contributed by atoms with E-state index in [4.69, 9.17) is 9.52 Å². The Bertz CT molecular complexity index is 662. The molecule has 0 fully saturated rings. The van der Waals surface area contributed by atoms with Gasteiger partial charge in [-0.2, -0.15) is 0 Å². The largest absolute Gasteiger partial charge is 0.480 e. The maximum Gasteiger partial charge on any atom is 0.326 e. The zero-order chi connectivity index (χ0) is 14.9. The molecule has 106 valence electrons. The number of carbonyl (C=O) groups is 2. The molecule has 0 unspecified atom stereocenters. The second kappa shape index (κ2) is 5.66. The number of benzene rings is 1. The van der Waals surface area contributed by atoms with Crippen molar-refractivity contribution in [2.24, 2.45) is 5.92 Å². The number of carboxylic acid groups (broad SMARTS) is 1. The van der Waals surface area contributed by atoms with Crippen LogP contribution in [-0.2, 0) is 4.79 Å². The number of rotatable bonds is 4. The Morgan fingerprint density at radius 1 is 1.30 bits per heavy atom. The van der Waals surface area contributed by atoms with E-state index in [1.165, 1.54) is 0 Å².